The van der Waals surface area contributed by atoms with Crippen LogP contribution in [-0.4, -0.2) is 29.9 Å². The molecule has 4 nitrogen and oxygen atoms in total. The number of benzene rings is 1. The van der Waals surface area contributed by atoms with Crippen molar-refractivity contribution in [2.45, 2.75) is 39.2 Å². The zero-order valence-corrected chi connectivity index (χ0v) is 11.8. The molecule has 1 N–H and O–H groups in total. The highest BCUT2D eigenvalue weighted by Crippen LogP contribution is 2.19. The second kappa shape index (κ2) is 7.14. The fourth-order valence-corrected chi connectivity index (χ4v) is 1.57. The van der Waals surface area contributed by atoms with E-state index in [1.165, 1.54) is 0 Å². The predicted octanol–water partition coefficient (Wildman–Crippen LogP) is 2.79. The maximum absolute atomic E-state index is 11.5. The zero-order valence-electron chi connectivity index (χ0n) is 11.8. The Hall–Kier alpha value is -1.55. The molecule has 106 valence electrons. The van der Waals surface area contributed by atoms with Gasteiger partial charge in [-0.2, -0.15) is 0 Å². The molecule has 0 spiro atoms. The fraction of sp³-hybridized carbons (Fsp3) is 0.533. The van der Waals surface area contributed by atoms with Gasteiger partial charge >= 0.3 is 5.97 Å². The van der Waals surface area contributed by atoms with E-state index in [1.54, 1.807) is 31.2 Å². The zero-order chi connectivity index (χ0) is 14.3. The van der Waals surface area contributed by atoms with Crippen molar-refractivity contribution in [3.05, 3.63) is 29.8 Å². The van der Waals surface area contributed by atoms with Crippen LogP contribution in [0.5, 0.6) is 5.75 Å². The lowest BCUT2D eigenvalue weighted by atomic mass is 9.99. The molecule has 0 bridgehead atoms. The first-order chi connectivity index (χ1) is 9.04. The topological polar surface area (TPSA) is 55.8 Å². The third kappa shape index (κ3) is 4.56. The van der Waals surface area contributed by atoms with E-state index in [-0.39, 0.29) is 12.6 Å². The monoisotopic (exact) mass is 266 g/mol. The molecular formula is C15H22O4. The summed E-state index contributed by atoms with van der Waals surface area (Å²) in [6, 6.07) is 6.73. The van der Waals surface area contributed by atoms with Gasteiger partial charge in [0.2, 0.25) is 0 Å². The van der Waals surface area contributed by atoms with Crippen LogP contribution < -0.4 is 4.74 Å². The summed E-state index contributed by atoms with van der Waals surface area (Å²) < 4.78 is 10.4. The fourth-order valence-electron chi connectivity index (χ4n) is 1.57. The maximum Gasteiger partial charge on any atom is 0.338 e. The quantitative estimate of drug-likeness (QED) is 0.771. The largest absolute Gasteiger partial charge is 0.491 e. The summed E-state index contributed by atoms with van der Waals surface area (Å²) in [4.78, 5) is 11.5. The van der Waals surface area contributed by atoms with E-state index in [9.17, 15) is 9.90 Å². The number of hydrogen-bond acceptors (Lipinski definition) is 4. The summed E-state index contributed by atoms with van der Waals surface area (Å²) in [5, 5.41) is 10.1. The van der Waals surface area contributed by atoms with Gasteiger partial charge in [-0.25, -0.2) is 4.79 Å². The molecule has 0 heterocycles. The van der Waals surface area contributed by atoms with Crippen LogP contribution in [0.4, 0.5) is 0 Å². The van der Waals surface area contributed by atoms with Gasteiger partial charge in [-0.15, -0.1) is 0 Å². The lowest BCUT2D eigenvalue weighted by molar-refractivity contribution is -0.0113. The number of ether oxygens (including phenoxy) is 2. The maximum atomic E-state index is 11.5. The van der Waals surface area contributed by atoms with E-state index in [0.29, 0.717) is 30.8 Å². The molecule has 4 heteroatoms. The molecule has 1 aromatic carbocycles. The van der Waals surface area contributed by atoms with Gasteiger partial charge in [0.25, 0.3) is 0 Å². The molecule has 0 aliphatic heterocycles. The van der Waals surface area contributed by atoms with Crippen molar-refractivity contribution in [2.75, 3.05) is 13.2 Å². The Bertz CT molecular complexity index is 393. The molecule has 0 amide bonds. The van der Waals surface area contributed by atoms with Gasteiger partial charge in [-0.1, -0.05) is 13.8 Å². The predicted molar refractivity (Wildman–Crippen MR) is 73.4 cm³/mol. The van der Waals surface area contributed by atoms with Gasteiger partial charge in [0.15, 0.2) is 0 Å². The second-order valence-corrected chi connectivity index (χ2v) is 4.46. The van der Waals surface area contributed by atoms with Crippen molar-refractivity contribution < 1.29 is 19.4 Å². The standard InChI is InChI=1S/C15H22O4/c1-4-15(17,5-2)11-19-13-9-7-12(8-10-13)14(16)18-6-3/h7-10,17H,4-6,11H2,1-3H3. The van der Waals surface area contributed by atoms with Crippen LogP contribution in [0.2, 0.25) is 0 Å². The molecule has 0 saturated carbocycles. The van der Waals surface area contributed by atoms with E-state index in [0.717, 1.165) is 0 Å². The minimum atomic E-state index is -0.792. The summed E-state index contributed by atoms with van der Waals surface area (Å²) in [5.41, 5.74) is -0.296. The van der Waals surface area contributed by atoms with Crippen LogP contribution in [-0.2, 0) is 4.74 Å². The minimum Gasteiger partial charge on any atom is -0.491 e. The summed E-state index contributed by atoms with van der Waals surface area (Å²) in [6.07, 6.45) is 1.29. The van der Waals surface area contributed by atoms with Gasteiger partial charge in [-0.05, 0) is 44.0 Å². The van der Waals surface area contributed by atoms with Crippen molar-refractivity contribution in [1.29, 1.82) is 0 Å². The number of carbonyl (C=O) groups is 1. The molecule has 0 aliphatic rings. The van der Waals surface area contributed by atoms with Crippen LogP contribution in [0.25, 0.3) is 0 Å². The lowest BCUT2D eigenvalue weighted by Crippen LogP contribution is -2.34. The Morgan fingerprint density at radius 1 is 1.16 bits per heavy atom. The second-order valence-electron chi connectivity index (χ2n) is 4.46. The molecule has 19 heavy (non-hydrogen) atoms. The number of esters is 1. The molecule has 0 aliphatic carbocycles. The average Bonchev–Trinajstić information content (AvgIpc) is 2.45. The molecule has 0 fully saturated rings. The van der Waals surface area contributed by atoms with E-state index in [2.05, 4.69) is 0 Å². The van der Waals surface area contributed by atoms with E-state index < -0.39 is 5.60 Å². The highest BCUT2D eigenvalue weighted by Gasteiger charge is 2.23. The molecule has 1 rings (SSSR count). The SMILES string of the molecule is CCOC(=O)c1ccc(OCC(O)(CC)CC)cc1. The highest BCUT2D eigenvalue weighted by molar-refractivity contribution is 5.89. The molecule has 1 aromatic rings. The van der Waals surface area contributed by atoms with Crippen LogP contribution in [0.1, 0.15) is 44.0 Å². The summed E-state index contributed by atoms with van der Waals surface area (Å²) in [7, 11) is 0. The number of rotatable bonds is 7. The normalized spacial score (nSPS) is 11.2. The average molecular weight is 266 g/mol. The summed E-state index contributed by atoms with van der Waals surface area (Å²) >= 11 is 0. The Kier molecular flexibility index (Phi) is 5.83. The van der Waals surface area contributed by atoms with Crippen LogP contribution in [0, 0.1) is 0 Å². The number of aliphatic hydroxyl groups is 1. The van der Waals surface area contributed by atoms with Crippen LogP contribution in [0.3, 0.4) is 0 Å². The molecule has 0 unspecified atom stereocenters. The summed E-state index contributed by atoms with van der Waals surface area (Å²) in [6.45, 7) is 6.23. The molecular weight excluding hydrogens is 244 g/mol. The van der Waals surface area contributed by atoms with Crippen molar-refractivity contribution in [1.82, 2.24) is 0 Å². The molecule has 0 atom stereocenters. The van der Waals surface area contributed by atoms with Crippen molar-refractivity contribution in [3.63, 3.8) is 0 Å². The van der Waals surface area contributed by atoms with Crippen LogP contribution >= 0.6 is 0 Å². The first-order valence-corrected chi connectivity index (χ1v) is 6.67. The summed E-state index contributed by atoms with van der Waals surface area (Å²) in [5.74, 6) is 0.293. The van der Waals surface area contributed by atoms with E-state index in [1.807, 2.05) is 13.8 Å². The van der Waals surface area contributed by atoms with Gasteiger partial charge < -0.3 is 14.6 Å². The molecule has 0 saturated heterocycles. The third-order valence-electron chi connectivity index (χ3n) is 3.19. The number of hydrogen-bond donors (Lipinski definition) is 1. The first kappa shape index (κ1) is 15.5. The molecule has 0 radical (unpaired) electrons. The first-order valence-electron chi connectivity index (χ1n) is 6.67. The Balaban J connectivity index is 2.60. The minimum absolute atomic E-state index is 0.249. The van der Waals surface area contributed by atoms with Gasteiger partial charge in [0.05, 0.1) is 17.8 Å². The Morgan fingerprint density at radius 3 is 2.21 bits per heavy atom. The lowest BCUT2D eigenvalue weighted by Gasteiger charge is -2.25. The third-order valence-corrected chi connectivity index (χ3v) is 3.19. The van der Waals surface area contributed by atoms with Crippen molar-refractivity contribution >= 4 is 5.97 Å². The highest BCUT2D eigenvalue weighted by atomic mass is 16.5. The smallest absolute Gasteiger partial charge is 0.338 e. The van der Waals surface area contributed by atoms with Gasteiger partial charge in [0, 0.05) is 0 Å². The van der Waals surface area contributed by atoms with Crippen molar-refractivity contribution in [2.24, 2.45) is 0 Å². The van der Waals surface area contributed by atoms with E-state index >= 15 is 0 Å². The van der Waals surface area contributed by atoms with Crippen molar-refractivity contribution in [3.8, 4) is 5.75 Å². The van der Waals surface area contributed by atoms with E-state index in [4.69, 9.17) is 9.47 Å². The van der Waals surface area contributed by atoms with Crippen LogP contribution in [0.15, 0.2) is 24.3 Å². The molecule has 0 aromatic heterocycles. The Labute approximate surface area is 114 Å². The Morgan fingerprint density at radius 2 is 1.74 bits per heavy atom. The van der Waals surface area contributed by atoms with Gasteiger partial charge in [-0.3, -0.25) is 0 Å². The van der Waals surface area contributed by atoms with Gasteiger partial charge in [0.1, 0.15) is 12.4 Å². The number of carbonyl (C=O) groups excluding carboxylic acids is 1.